The normalized spacial score (nSPS) is 10.6. The molecule has 15 heavy (non-hydrogen) atoms. The number of aromatic nitrogens is 1. The van der Waals surface area contributed by atoms with Crippen LogP contribution in [0.25, 0.3) is 10.9 Å². The van der Waals surface area contributed by atoms with Crippen LogP contribution in [0.5, 0.6) is 5.75 Å². The van der Waals surface area contributed by atoms with Crippen molar-refractivity contribution in [3.63, 3.8) is 0 Å². The van der Waals surface area contributed by atoms with Crippen molar-refractivity contribution in [2.45, 2.75) is 6.61 Å². The fraction of sp³-hybridized carbons (Fsp3) is 0.182. The highest BCUT2D eigenvalue weighted by molar-refractivity contribution is 6.35. The number of halogens is 1. The van der Waals surface area contributed by atoms with Gasteiger partial charge in [0.15, 0.2) is 0 Å². The molecule has 0 atom stereocenters. The van der Waals surface area contributed by atoms with E-state index >= 15 is 0 Å². The molecule has 4 heteroatoms. The Bertz CT molecular complexity index is 499. The van der Waals surface area contributed by atoms with Crippen LogP contribution in [0.2, 0.25) is 5.02 Å². The summed E-state index contributed by atoms with van der Waals surface area (Å²) in [5, 5.41) is 10.4. The van der Waals surface area contributed by atoms with E-state index in [0.29, 0.717) is 10.7 Å². The van der Waals surface area contributed by atoms with Crippen molar-refractivity contribution in [3.8, 4) is 5.75 Å². The number of pyridine rings is 1. The number of benzene rings is 1. The Kier molecular flexibility index (Phi) is 2.75. The summed E-state index contributed by atoms with van der Waals surface area (Å²) in [6.45, 7) is -0.109. The number of hydrogen-bond donors (Lipinski definition) is 1. The monoisotopic (exact) mass is 223 g/mol. The molecule has 0 bridgehead atoms. The van der Waals surface area contributed by atoms with E-state index in [0.717, 1.165) is 16.7 Å². The minimum atomic E-state index is -0.109. The van der Waals surface area contributed by atoms with Gasteiger partial charge in [-0.15, -0.1) is 0 Å². The number of fused-ring (bicyclic) bond motifs is 1. The van der Waals surface area contributed by atoms with Crippen molar-refractivity contribution in [2.75, 3.05) is 7.11 Å². The van der Waals surface area contributed by atoms with Crippen LogP contribution in [0.4, 0.5) is 0 Å². The van der Waals surface area contributed by atoms with Crippen molar-refractivity contribution >= 4 is 22.5 Å². The molecule has 0 unspecified atom stereocenters. The summed E-state index contributed by atoms with van der Waals surface area (Å²) in [7, 11) is 1.60. The number of aliphatic hydroxyl groups excluding tert-OH is 1. The molecular weight excluding hydrogens is 214 g/mol. The molecule has 0 saturated carbocycles. The molecule has 0 amide bonds. The molecule has 1 aromatic heterocycles. The van der Waals surface area contributed by atoms with Crippen LogP contribution < -0.4 is 4.74 Å². The van der Waals surface area contributed by atoms with Crippen LogP contribution in [-0.2, 0) is 6.61 Å². The van der Waals surface area contributed by atoms with Crippen LogP contribution in [-0.4, -0.2) is 17.2 Å². The molecular formula is C11H10ClNO2. The zero-order chi connectivity index (χ0) is 10.8. The van der Waals surface area contributed by atoms with Crippen LogP contribution >= 0.6 is 11.6 Å². The van der Waals surface area contributed by atoms with Crippen LogP contribution in [0.1, 0.15) is 5.69 Å². The number of methoxy groups -OCH3 is 1. The molecule has 2 aromatic rings. The second-order valence-electron chi connectivity index (χ2n) is 3.14. The van der Waals surface area contributed by atoms with Crippen molar-refractivity contribution in [3.05, 3.63) is 35.0 Å². The van der Waals surface area contributed by atoms with Gasteiger partial charge >= 0.3 is 0 Å². The zero-order valence-corrected chi connectivity index (χ0v) is 8.95. The highest BCUT2D eigenvalue weighted by atomic mass is 35.5. The first-order valence-electron chi connectivity index (χ1n) is 4.48. The lowest BCUT2D eigenvalue weighted by atomic mass is 10.2. The van der Waals surface area contributed by atoms with Gasteiger partial charge in [0.25, 0.3) is 0 Å². The number of ether oxygens (including phenoxy) is 1. The van der Waals surface area contributed by atoms with Crippen molar-refractivity contribution < 1.29 is 9.84 Å². The Morgan fingerprint density at radius 3 is 2.87 bits per heavy atom. The SMILES string of the molecule is COc1ccc2nc(CO)cc(Cl)c2c1. The van der Waals surface area contributed by atoms with Crippen molar-refractivity contribution in [1.82, 2.24) is 4.98 Å². The van der Waals surface area contributed by atoms with E-state index in [-0.39, 0.29) is 6.61 Å². The van der Waals surface area contributed by atoms with E-state index in [9.17, 15) is 0 Å². The smallest absolute Gasteiger partial charge is 0.119 e. The van der Waals surface area contributed by atoms with E-state index in [2.05, 4.69) is 4.98 Å². The zero-order valence-electron chi connectivity index (χ0n) is 8.20. The molecule has 0 aliphatic carbocycles. The molecule has 78 valence electrons. The van der Waals surface area contributed by atoms with E-state index in [1.807, 2.05) is 18.2 Å². The molecule has 2 rings (SSSR count). The highest BCUT2D eigenvalue weighted by Gasteiger charge is 2.04. The third-order valence-electron chi connectivity index (χ3n) is 2.18. The summed E-state index contributed by atoms with van der Waals surface area (Å²) >= 11 is 6.06. The van der Waals surface area contributed by atoms with Gasteiger partial charge in [0, 0.05) is 5.39 Å². The van der Waals surface area contributed by atoms with Gasteiger partial charge in [-0.25, -0.2) is 0 Å². The fourth-order valence-corrected chi connectivity index (χ4v) is 1.70. The van der Waals surface area contributed by atoms with Gasteiger partial charge in [0.2, 0.25) is 0 Å². The summed E-state index contributed by atoms with van der Waals surface area (Å²) in [6.07, 6.45) is 0. The predicted octanol–water partition coefficient (Wildman–Crippen LogP) is 2.39. The first-order chi connectivity index (χ1) is 7.24. The Hall–Kier alpha value is -1.32. The average Bonchev–Trinajstić information content (AvgIpc) is 2.28. The maximum absolute atomic E-state index is 8.98. The summed E-state index contributed by atoms with van der Waals surface area (Å²) in [6, 6.07) is 7.11. The predicted molar refractivity (Wildman–Crippen MR) is 59.2 cm³/mol. The molecule has 1 N–H and O–H groups in total. The van der Waals surface area contributed by atoms with Crippen molar-refractivity contribution in [1.29, 1.82) is 0 Å². The Labute approximate surface area is 92.3 Å². The van der Waals surface area contributed by atoms with Crippen molar-refractivity contribution in [2.24, 2.45) is 0 Å². The maximum Gasteiger partial charge on any atom is 0.119 e. The van der Waals surface area contributed by atoms with E-state index in [1.54, 1.807) is 13.2 Å². The van der Waals surface area contributed by atoms with Gasteiger partial charge in [-0.1, -0.05) is 11.6 Å². The summed E-state index contributed by atoms with van der Waals surface area (Å²) in [4.78, 5) is 4.24. The Morgan fingerprint density at radius 1 is 1.40 bits per heavy atom. The second kappa shape index (κ2) is 4.04. The average molecular weight is 224 g/mol. The number of nitrogens with zero attached hydrogens (tertiary/aromatic N) is 1. The first kappa shape index (κ1) is 10.2. The topological polar surface area (TPSA) is 42.4 Å². The molecule has 0 fully saturated rings. The lowest BCUT2D eigenvalue weighted by Gasteiger charge is -2.05. The summed E-state index contributed by atoms with van der Waals surface area (Å²) < 4.78 is 5.10. The van der Waals surface area contributed by atoms with Gasteiger partial charge in [-0.2, -0.15) is 0 Å². The molecule has 1 aromatic carbocycles. The highest BCUT2D eigenvalue weighted by Crippen LogP contribution is 2.26. The van der Waals surface area contributed by atoms with E-state index in [4.69, 9.17) is 21.4 Å². The maximum atomic E-state index is 8.98. The van der Waals surface area contributed by atoms with E-state index < -0.39 is 0 Å². The van der Waals surface area contributed by atoms with Gasteiger partial charge in [-0.3, -0.25) is 4.98 Å². The van der Waals surface area contributed by atoms with Gasteiger partial charge in [0.1, 0.15) is 5.75 Å². The molecule has 0 saturated heterocycles. The minimum absolute atomic E-state index is 0.109. The minimum Gasteiger partial charge on any atom is -0.497 e. The lowest BCUT2D eigenvalue weighted by molar-refractivity contribution is 0.277. The Morgan fingerprint density at radius 2 is 2.20 bits per heavy atom. The molecule has 0 radical (unpaired) electrons. The molecule has 0 aliphatic rings. The van der Waals surface area contributed by atoms with Crippen LogP contribution in [0.3, 0.4) is 0 Å². The van der Waals surface area contributed by atoms with Gasteiger partial charge in [-0.05, 0) is 24.3 Å². The number of aliphatic hydroxyl groups is 1. The first-order valence-corrected chi connectivity index (χ1v) is 4.86. The molecule has 1 heterocycles. The third-order valence-corrected chi connectivity index (χ3v) is 2.49. The lowest BCUT2D eigenvalue weighted by Crippen LogP contribution is -1.91. The Balaban J connectivity index is 2.68. The van der Waals surface area contributed by atoms with Gasteiger partial charge < -0.3 is 9.84 Å². The standard InChI is InChI=1S/C11H10ClNO2/c1-15-8-2-3-11-9(5-8)10(12)4-7(6-14)13-11/h2-5,14H,6H2,1H3. The quantitative estimate of drug-likeness (QED) is 0.850. The van der Waals surface area contributed by atoms with E-state index in [1.165, 1.54) is 0 Å². The number of rotatable bonds is 2. The summed E-state index contributed by atoms with van der Waals surface area (Å²) in [5.41, 5.74) is 1.32. The van der Waals surface area contributed by atoms with Gasteiger partial charge in [0.05, 0.1) is 29.9 Å². The summed E-state index contributed by atoms with van der Waals surface area (Å²) in [5.74, 6) is 0.739. The fourth-order valence-electron chi connectivity index (χ4n) is 1.42. The second-order valence-corrected chi connectivity index (χ2v) is 3.54. The third kappa shape index (κ3) is 1.89. The largest absolute Gasteiger partial charge is 0.497 e. The van der Waals surface area contributed by atoms with Crippen LogP contribution in [0.15, 0.2) is 24.3 Å². The van der Waals surface area contributed by atoms with Crippen LogP contribution in [0, 0.1) is 0 Å². The molecule has 0 aliphatic heterocycles. The molecule has 3 nitrogen and oxygen atoms in total. The molecule has 0 spiro atoms. The number of hydrogen-bond acceptors (Lipinski definition) is 3.